The third-order valence-corrected chi connectivity index (χ3v) is 6.51. The Morgan fingerprint density at radius 3 is 2.36 bits per heavy atom. The van der Waals surface area contributed by atoms with Gasteiger partial charge in [0.2, 0.25) is 5.91 Å². The van der Waals surface area contributed by atoms with Crippen LogP contribution in [0.3, 0.4) is 0 Å². The summed E-state index contributed by atoms with van der Waals surface area (Å²) >= 11 is 0.856. The molecule has 2 aromatic carbocycles. The second-order valence-electron chi connectivity index (χ2n) is 8.28. The number of nitrogens with zero attached hydrogens (tertiary/aromatic N) is 2. The summed E-state index contributed by atoms with van der Waals surface area (Å²) in [6.45, 7) is 6.98. The van der Waals surface area contributed by atoms with E-state index in [2.05, 4.69) is 24.1 Å². The maximum Gasteiger partial charge on any atom is 0.294 e. The van der Waals surface area contributed by atoms with E-state index in [0.717, 1.165) is 41.0 Å². The molecule has 2 heterocycles. The molecule has 172 valence electrons. The van der Waals surface area contributed by atoms with Crippen LogP contribution in [-0.2, 0) is 14.3 Å². The normalized spacial score (nSPS) is 17.8. The fourth-order valence-corrected chi connectivity index (χ4v) is 4.52. The first-order valence-electron chi connectivity index (χ1n) is 11.0. The molecule has 3 amide bonds. The van der Waals surface area contributed by atoms with E-state index >= 15 is 0 Å². The lowest BCUT2D eigenvalue weighted by molar-refractivity contribution is -0.127. The standard InChI is InChI=1S/C25H27N3O4S/c1-17(2)19-5-3-18(4-6-19)15-22-24(30)28(25(31)33-22)16-23(29)26-20-7-9-21(10-8-20)27-11-13-32-14-12-27/h3-10,15,17H,11-14,16H2,1-2H3,(H,26,29)/b22-15+. The number of rotatable bonds is 6. The molecule has 4 rings (SSSR count). The highest BCUT2D eigenvalue weighted by atomic mass is 32.2. The van der Waals surface area contributed by atoms with Gasteiger partial charge in [-0.2, -0.15) is 0 Å². The quantitative estimate of drug-likeness (QED) is 0.640. The molecule has 0 spiro atoms. The number of ether oxygens (including phenoxy) is 1. The highest BCUT2D eigenvalue weighted by molar-refractivity contribution is 8.18. The minimum atomic E-state index is -0.448. The highest BCUT2D eigenvalue weighted by Crippen LogP contribution is 2.32. The average Bonchev–Trinajstić information content (AvgIpc) is 3.07. The number of nitrogens with one attached hydrogen (secondary N) is 1. The molecule has 0 aromatic heterocycles. The first kappa shape index (κ1) is 23.1. The SMILES string of the molecule is CC(C)c1ccc(/C=C2/SC(=O)N(CC(=O)Nc3ccc(N4CCOCC4)cc3)C2=O)cc1. The Balaban J connectivity index is 1.35. The Morgan fingerprint density at radius 2 is 1.73 bits per heavy atom. The van der Waals surface area contributed by atoms with E-state index in [1.807, 2.05) is 48.5 Å². The van der Waals surface area contributed by atoms with E-state index in [9.17, 15) is 14.4 Å². The minimum Gasteiger partial charge on any atom is -0.378 e. The zero-order valence-corrected chi connectivity index (χ0v) is 19.6. The molecule has 1 N–H and O–H groups in total. The number of amides is 3. The van der Waals surface area contributed by atoms with Crippen molar-refractivity contribution in [2.75, 3.05) is 43.1 Å². The molecule has 0 saturated carbocycles. The van der Waals surface area contributed by atoms with Crippen LogP contribution < -0.4 is 10.2 Å². The van der Waals surface area contributed by atoms with Crippen LogP contribution in [-0.4, -0.2) is 54.8 Å². The number of thioether (sulfide) groups is 1. The topological polar surface area (TPSA) is 79.0 Å². The third kappa shape index (κ3) is 5.64. The number of carbonyl (C=O) groups excluding carboxylic acids is 3. The van der Waals surface area contributed by atoms with Crippen LogP contribution in [0.2, 0.25) is 0 Å². The van der Waals surface area contributed by atoms with Crippen LogP contribution in [0.25, 0.3) is 6.08 Å². The van der Waals surface area contributed by atoms with Crippen LogP contribution in [0.5, 0.6) is 0 Å². The van der Waals surface area contributed by atoms with Gasteiger partial charge >= 0.3 is 0 Å². The van der Waals surface area contributed by atoms with Gasteiger partial charge in [0.15, 0.2) is 0 Å². The zero-order valence-electron chi connectivity index (χ0n) is 18.7. The van der Waals surface area contributed by atoms with Gasteiger partial charge in [-0.1, -0.05) is 38.1 Å². The predicted octanol–water partition coefficient (Wildman–Crippen LogP) is 4.32. The van der Waals surface area contributed by atoms with Crippen LogP contribution in [0.15, 0.2) is 53.4 Å². The average molecular weight is 466 g/mol. The number of benzene rings is 2. The van der Waals surface area contributed by atoms with Crippen molar-refractivity contribution in [1.29, 1.82) is 0 Å². The molecule has 0 atom stereocenters. The van der Waals surface area contributed by atoms with Gasteiger partial charge in [-0.05, 0) is 59.1 Å². The zero-order chi connectivity index (χ0) is 23.4. The predicted molar refractivity (Wildman–Crippen MR) is 131 cm³/mol. The molecule has 2 aromatic rings. The molecule has 0 aliphatic carbocycles. The summed E-state index contributed by atoms with van der Waals surface area (Å²) < 4.78 is 5.37. The fourth-order valence-electron chi connectivity index (χ4n) is 3.69. The van der Waals surface area contributed by atoms with Gasteiger partial charge in [-0.3, -0.25) is 19.3 Å². The van der Waals surface area contributed by atoms with Crippen LogP contribution >= 0.6 is 11.8 Å². The fraction of sp³-hybridized carbons (Fsp3) is 0.320. The van der Waals surface area contributed by atoms with Crippen molar-refractivity contribution >= 4 is 46.3 Å². The third-order valence-electron chi connectivity index (χ3n) is 5.60. The van der Waals surface area contributed by atoms with Gasteiger partial charge in [0.05, 0.1) is 18.1 Å². The molecule has 2 aliphatic heterocycles. The molecule has 2 saturated heterocycles. The molecule has 0 unspecified atom stereocenters. The molecule has 33 heavy (non-hydrogen) atoms. The summed E-state index contributed by atoms with van der Waals surface area (Å²) in [6.07, 6.45) is 1.69. The monoisotopic (exact) mass is 465 g/mol. The molecule has 8 heteroatoms. The van der Waals surface area contributed by atoms with Crippen molar-refractivity contribution in [1.82, 2.24) is 4.90 Å². The van der Waals surface area contributed by atoms with Crippen molar-refractivity contribution in [3.8, 4) is 0 Å². The van der Waals surface area contributed by atoms with Gasteiger partial charge in [-0.15, -0.1) is 0 Å². The number of anilines is 2. The Morgan fingerprint density at radius 1 is 1.06 bits per heavy atom. The van der Waals surface area contributed by atoms with E-state index in [0.29, 0.717) is 29.7 Å². The number of hydrogen-bond acceptors (Lipinski definition) is 6. The second-order valence-corrected chi connectivity index (χ2v) is 9.28. The maximum atomic E-state index is 12.7. The summed E-state index contributed by atoms with van der Waals surface area (Å²) in [6, 6.07) is 15.4. The van der Waals surface area contributed by atoms with Crippen molar-refractivity contribution in [3.63, 3.8) is 0 Å². The summed E-state index contributed by atoms with van der Waals surface area (Å²) in [5, 5.41) is 2.32. The molecule has 0 radical (unpaired) electrons. The van der Waals surface area contributed by atoms with E-state index < -0.39 is 17.1 Å². The molecular formula is C25H27N3O4S. The van der Waals surface area contributed by atoms with Crippen LogP contribution in [0, 0.1) is 0 Å². The first-order valence-corrected chi connectivity index (χ1v) is 11.8. The Bertz CT molecular complexity index is 1060. The smallest absolute Gasteiger partial charge is 0.294 e. The van der Waals surface area contributed by atoms with E-state index in [4.69, 9.17) is 4.74 Å². The summed E-state index contributed by atoms with van der Waals surface area (Å²) in [7, 11) is 0. The second kappa shape index (κ2) is 10.2. The lowest BCUT2D eigenvalue weighted by Gasteiger charge is -2.28. The Kier molecular flexibility index (Phi) is 7.15. The maximum absolute atomic E-state index is 12.7. The van der Waals surface area contributed by atoms with Crippen LogP contribution in [0.4, 0.5) is 16.2 Å². The highest BCUT2D eigenvalue weighted by Gasteiger charge is 2.36. The first-order chi connectivity index (χ1) is 15.9. The lowest BCUT2D eigenvalue weighted by atomic mass is 10.0. The molecular weight excluding hydrogens is 438 g/mol. The minimum absolute atomic E-state index is 0.319. The molecule has 2 aliphatic rings. The van der Waals surface area contributed by atoms with Gasteiger partial charge in [-0.25, -0.2) is 0 Å². The van der Waals surface area contributed by atoms with Crippen molar-refractivity contribution < 1.29 is 19.1 Å². The Labute approximate surface area is 197 Å². The van der Waals surface area contributed by atoms with E-state index in [1.54, 1.807) is 6.08 Å². The number of carbonyl (C=O) groups is 3. The van der Waals surface area contributed by atoms with Crippen LogP contribution in [0.1, 0.15) is 30.9 Å². The summed E-state index contributed by atoms with van der Waals surface area (Å²) in [5.41, 5.74) is 3.73. The van der Waals surface area contributed by atoms with Gasteiger partial charge < -0.3 is 15.0 Å². The lowest BCUT2D eigenvalue weighted by Crippen LogP contribution is -2.36. The van der Waals surface area contributed by atoms with Gasteiger partial charge in [0.25, 0.3) is 11.1 Å². The summed E-state index contributed by atoms with van der Waals surface area (Å²) in [4.78, 5) is 41.1. The van der Waals surface area contributed by atoms with Crippen molar-refractivity contribution in [2.45, 2.75) is 19.8 Å². The Hall–Kier alpha value is -3.10. The molecule has 2 fully saturated rings. The van der Waals surface area contributed by atoms with Gasteiger partial charge in [0, 0.05) is 24.5 Å². The summed E-state index contributed by atoms with van der Waals surface area (Å²) in [5.74, 6) is -0.449. The van der Waals surface area contributed by atoms with E-state index in [1.165, 1.54) is 5.56 Å². The van der Waals surface area contributed by atoms with Crippen molar-refractivity contribution in [3.05, 3.63) is 64.6 Å². The van der Waals surface area contributed by atoms with E-state index in [-0.39, 0.29) is 6.54 Å². The number of hydrogen-bond donors (Lipinski definition) is 1. The van der Waals surface area contributed by atoms with Gasteiger partial charge in [0.1, 0.15) is 6.54 Å². The number of imide groups is 1. The van der Waals surface area contributed by atoms with Crippen molar-refractivity contribution in [2.24, 2.45) is 0 Å². The largest absolute Gasteiger partial charge is 0.378 e. The number of morpholine rings is 1. The molecule has 0 bridgehead atoms. The molecule has 7 nitrogen and oxygen atoms in total.